The van der Waals surface area contributed by atoms with Crippen molar-refractivity contribution in [2.75, 3.05) is 12.4 Å². The average molecular weight is 355 g/mol. The monoisotopic (exact) mass is 355 g/mol. The minimum atomic E-state index is -0.333. The van der Waals surface area contributed by atoms with Gasteiger partial charge >= 0.3 is 0 Å². The highest BCUT2D eigenvalue weighted by Crippen LogP contribution is 2.25. The van der Waals surface area contributed by atoms with Crippen molar-refractivity contribution in [1.82, 2.24) is 10.1 Å². The second-order valence-electron chi connectivity index (χ2n) is 5.77. The molecule has 0 bridgehead atoms. The Bertz CT molecular complexity index is 907. The van der Waals surface area contributed by atoms with Crippen molar-refractivity contribution < 1.29 is 18.4 Å². The molecule has 1 heterocycles. The van der Waals surface area contributed by atoms with Crippen LogP contribution in [0.25, 0.3) is 11.4 Å². The fourth-order valence-electron chi connectivity index (χ4n) is 2.43. The van der Waals surface area contributed by atoms with Gasteiger partial charge in [-0.2, -0.15) is 4.98 Å². The van der Waals surface area contributed by atoms with Gasteiger partial charge in [0.1, 0.15) is 11.6 Å². The third-order valence-corrected chi connectivity index (χ3v) is 3.77. The number of hydrogen-bond acceptors (Lipinski definition) is 5. The number of carbonyl (C=O) groups is 1. The molecule has 26 heavy (non-hydrogen) atoms. The minimum Gasteiger partial charge on any atom is -0.495 e. The number of aryl methyl sites for hydroxylation is 2. The third kappa shape index (κ3) is 4.24. The number of aromatic nitrogens is 2. The second-order valence-corrected chi connectivity index (χ2v) is 5.77. The summed E-state index contributed by atoms with van der Waals surface area (Å²) in [6.07, 6.45) is 0.482. The summed E-state index contributed by atoms with van der Waals surface area (Å²) in [5, 5.41) is 6.68. The molecule has 0 saturated heterocycles. The SMILES string of the molecule is COc1ccc(C)cc1NC(=O)CCc1nc(-c2ccc(F)cc2)no1. The predicted molar refractivity (Wildman–Crippen MR) is 94.4 cm³/mol. The summed E-state index contributed by atoms with van der Waals surface area (Å²) >= 11 is 0. The second kappa shape index (κ2) is 7.77. The summed E-state index contributed by atoms with van der Waals surface area (Å²) in [4.78, 5) is 16.4. The maximum absolute atomic E-state index is 13.0. The predicted octanol–water partition coefficient (Wildman–Crippen LogP) is 3.76. The molecule has 0 saturated carbocycles. The number of nitrogens with zero attached hydrogens (tertiary/aromatic N) is 2. The zero-order valence-corrected chi connectivity index (χ0v) is 14.5. The van der Waals surface area contributed by atoms with Crippen LogP contribution in [-0.2, 0) is 11.2 Å². The van der Waals surface area contributed by atoms with E-state index in [9.17, 15) is 9.18 Å². The molecule has 1 amide bonds. The first kappa shape index (κ1) is 17.6. The molecule has 0 spiro atoms. The summed E-state index contributed by atoms with van der Waals surface area (Å²) < 4.78 is 23.4. The van der Waals surface area contributed by atoms with E-state index in [0.717, 1.165) is 5.56 Å². The number of hydrogen-bond donors (Lipinski definition) is 1. The summed E-state index contributed by atoms with van der Waals surface area (Å²) in [7, 11) is 1.55. The van der Waals surface area contributed by atoms with Crippen LogP contribution in [-0.4, -0.2) is 23.2 Å². The highest BCUT2D eigenvalue weighted by atomic mass is 19.1. The maximum atomic E-state index is 13.0. The van der Waals surface area contributed by atoms with Gasteiger partial charge in [-0.05, 0) is 48.9 Å². The van der Waals surface area contributed by atoms with Gasteiger partial charge in [-0.25, -0.2) is 4.39 Å². The van der Waals surface area contributed by atoms with E-state index in [1.807, 2.05) is 19.1 Å². The summed E-state index contributed by atoms with van der Waals surface area (Å²) in [5.41, 5.74) is 2.28. The van der Waals surface area contributed by atoms with Crippen LogP contribution < -0.4 is 10.1 Å². The zero-order valence-electron chi connectivity index (χ0n) is 14.5. The van der Waals surface area contributed by atoms with Crippen molar-refractivity contribution in [2.24, 2.45) is 0 Å². The van der Waals surface area contributed by atoms with Gasteiger partial charge in [0.15, 0.2) is 0 Å². The number of carbonyl (C=O) groups excluding carboxylic acids is 1. The molecule has 6 nitrogen and oxygen atoms in total. The van der Waals surface area contributed by atoms with E-state index in [4.69, 9.17) is 9.26 Å². The van der Waals surface area contributed by atoms with Crippen LogP contribution in [0, 0.1) is 12.7 Å². The number of ether oxygens (including phenoxy) is 1. The highest BCUT2D eigenvalue weighted by molar-refractivity contribution is 5.92. The highest BCUT2D eigenvalue weighted by Gasteiger charge is 2.12. The Morgan fingerprint density at radius 3 is 2.73 bits per heavy atom. The van der Waals surface area contributed by atoms with Crippen molar-refractivity contribution in [3.8, 4) is 17.1 Å². The molecule has 2 aromatic carbocycles. The van der Waals surface area contributed by atoms with E-state index in [-0.39, 0.29) is 18.1 Å². The number of benzene rings is 2. The van der Waals surface area contributed by atoms with E-state index < -0.39 is 0 Å². The number of methoxy groups -OCH3 is 1. The topological polar surface area (TPSA) is 77.2 Å². The molecule has 1 N–H and O–H groups in total. The number of amides is 1. The number of nitrogens with one attached hydrogen (secondary N) is 1. The lowest BCUT2D eigenvalue weighted by molar-refractivity contribution is -0.116. The van der Waals surface area contributed by atoms with Crippen LogP contribution in [0.3, 0.4) is 0 Å². The van der Waals surface area contributed by atoms with E-state index in [1.54, 1.807) is 25.3 Å². The normalized spacial score (nSPS) is 10.6. The molecule has 0 fully saturated rings. The molecule has 7 heteroatoms. The number of halogens is 1. The van der Waals surface area contributed by atoms with Crippen molar-refractivity contribution in [3.63, 3.8) is 0 Å². The van der Waals surface area contributed by atoms with E-state index >= 15 is 0 Å². The third-order valence-electron chi connectivity index (χ3n) is 3.77. The fraction of sp³-hybridized carbons (Fsp3) is 0.211. The van der Waals surface area contributed by atoms with E-state index in [1.165, 1.54) is 12.1 Å². The van der Waals surface area contributed by atoms with Gasteiger partial charge in [0.2, 0.25) is 17.6 Å². The summed E-state index contributed by atoms with van der Waals surface area (Å²) in [6.45, 7) is 1.94. The van der Waals surface area contributed by atoms with Crippen molar-refractivity contribution in [3.05, 3.63) is 59.7 Å². The summed E-state index contributed by atoms with van der Waals surface area (Å²) in [6, 6.07) is 11.3. The van der Waals surface area contributed by atoms with Gasteiger partial charge in [-0.3, -0.25) is 4.79 Å². The lowest BCUT2D eigenvalue weighted by Crippen LogP contribution is -2.13. The Kier molecular flexibility index (Phi) is 5.26. The van der Waals surface area contributed by atoms with E-state index in [0.29, 0.717) is 35.1 Å². The number of rotatable bonds is 6. The van der Waals surface area contributed by atoms with Crippen molar-refractivity contribution in [1.29, 1.82) is 0 Å². The average Bonchev–Trinajstić information content (AvgIpc) is 3.10. The molecule has 0 aliphatic rings. The molecular weight excluding hydrogens is 337 g/mol. The Morgan fingerprint density at radius 2 is 2.00 bits per heavy atom. The standard InChI is InChI=1S/C19H18FN3O3/c1-12-3-8-16(25-2)15(11-12)21-17(24)9-10-18-22-19(23-26-18)13-4-6-14(20)7-5-13/h3-8,11H,9-10H2,1-2H3,(H,21,24). The Labute approximate surface area is 150 Å². The molecular formula is C19H18FN3O3. The summed E-state index contributed by atoms with van der Waals surface area (Å²) in [5.74, 6) is 0.785. The molecule has 0 radical (unpaired) electrons. The van der Waals surface area contributed by atoms with E-state index in [2.05, 4.69) is 15.5 Å². The number of anilines is 1. The largest absolute Gasteiger partial charge is 0.495 e. The molecule has 3 aromatic rings. The van der Waals surface area contributed by atoms with Gasteiger partial charge in [0.25, 0.3) is 0 Å². The molecule has 1 aromatic heterocycles. The van der Waals surface area contributed by atoms with Crippen LogP contribution in [0.5, 0.6) is 5.75 Å². The molecule has 0 atom stereocenters. The molecule has 0 unspecified atom stereocenters. The first-order chi connectivity index (χ1) is 12.5. The molecule has 0 aliphatic carbocycles. The zero-order chi connectivity index (χ0) is 18.5. The minimum absolute atomic E-state index is 0.183. The van der Waals surface area contributed by atoms with Crippen LogP contribution in [0.1, 0.15) is 17.9 Å². The maximum Gasteiger partial charge on any atom is 0.227 e. The molecule has 134 valence electrons. The van der Waals surface area contributed by atoms with Crippen LogP contribution >= 0.6 is 0 Å². The lowest BCUT2D eigenvalue weighted by atomic mass is 10.2. The smallest absolute Gasteiger partial charge is 0.227 e. The van der Waals surface area contributed by atoms with Crippen LogP contribution in [0.2, 0.25) is 0 Å². The Morgan fingerprint density at radius 1 is 1.23 bits per heavy atom. The molecule has 0 aliphatic heterocycles. The van der Waals surface area contributed by atoms with Gasteiger partial charge in [0.05, 0.1) is 12.8 Å². The van der Waals surface area contributed by atoms with Crippen LogP contribution in [0.15, 0.2) is 47.0 Å². The Balaban J connectivity index is 1.60. The van der Waals surface area contributed by atoms with Crippen molar-refractivity contribution >= 4 is 11.6 Å². The van der Waals surface area contributed by atoms with Crippen molar-refractivity contribution in [2.45, 2.75) is 19.8 Å². The fourth-order valence-corrected chi connectivity index (χ4v) is 2.43. The van der Waals surface area contributed by atoms with Crippen LogP contribution in [0.4, 0.5) is 10.1 Å². The first-order valence-corrected chi connectivity index (χ1v) is 8.08. The Hall–Kier alpha value is -3.22. The first-order valence-electron chi connectivity index (χ1n) is 8.08. The lowest BCUT2D eigenvalue weighted by Gasteiger charge is -2.10. The quantitative estimate of drug-likeness (QED) is 0.728. The van der Waals surface area contributed by atoms with Gasteiger partial charge in [-0.1, -0.05) is 11.2 Å². The van der Waals surface area contributed by atoms with Gasteiger partial charge in [-0.15, -0.1) is 0 Å². The molecule has 3 rings (SSSR count). The van der Waals surface area contributed by atoms with Gasteiger partial charge in [0, 0.05) is 18.4 Å². The van der Waals surface area contributed by atoms with Gasteiger partial charge < -0.3 is 14.6 Å².